The highest BCUT2D eigenvalue weighted by Gasteiger charge is 2.17. The third kappa shape index (κ3) is 2.78. The number of H-pyrrole nitrogens is 1. The lowest BCUT2D eigenvalue weighted by Gasteiger charge is -2.04. The van der Waals surface area contributed by atoms with Crippen LogP contribution >= 0.6 is 11.6 Å². The van der Waals surface area contributed by atoms with Gasteiger partial charge >= 0.3 is 5.97 Å². The van der Waals surface area contributed by atoms with Gasteiger partial charge in [-0.2, -0.15) is 5.21 Å². The first-order chi connectivity index (χ1) is 8.70. The Morgan fingerprint density at radius 2 is 2.33 bits per heavy atom. The molecule has 0 radical (unpaired) electrons. The Hall–Kier alpha value is -2.08. The minimum atomic E-state index is -0.532. The minimum absolute atomic E-state index is 0.108. The fourth-order valence-electron chi connectivity index (χ4n) is 1.36. The number of carbonyl (C=O) groups excluding carboxylic acids is 1. The number of hydrogen-bond donors (Lipinski definition) is 2. The van der Waals surface area contributed by atoms with Crippen LogP contribution in [0.2, 0.25) is 5.02 Å². The standard InChI is InChI=1S/C11H11ClN4O2/c1-2-18-11(17)9-10(15-16-14-9)13-8-5-3-4-7(12)6-8/h3-6H,2H2,1H3,(H2,13,14,15,16). The molecule has 18 heavy (non-hydrogen) atoms. The van der Waals surface area contributed by atoms with Crippen molar-refractivity contribution in [2.24, 2.45) is 0 Å². The van der Waals surface area contributed by atoms with Crippen LogP contribution in [0.5, 0.6) is 0 Å². The molecular formula is C11H11ClN4O2. The molecule has 2 aromatic rings. The molecule has 0 saturated heterocycles. The van der Waals surface area contributed by atoms with Crippen LogP contribution in [0.15, 0.2) is 24.3 Å². The second kappa shape index (κ2) is 5.50. The van der Waals surface area contributed by atoms with Crippen LogP contribution in [0.4, 0.5) is 11.5 Å². The van der Waals surface area contributed by atoms with Gasteiger partial charge in [0.15, 0.2) is 5.82 Å². The fraction of sp³-hybridized carbons (Fsp3) is 0.182. The molecule has 6 nitrogen and oxygen atoms in total. The van der Waals surface area contributed by atoms with Crippen LogP contribution in [0.25, 0.3) is 0 Å². The van der Waals surface area contributed by atoms with E-state index in [0.717, 1.165) is 0 Å². The molecule has 1 heterocycles. The van der Waals surface area contributed by atoms with Crippen molar-refractivity contribution in [3.63, 3.8) is 0 Å². The normalized spacial score (nSPS) is 10.1. The van der Waals surface area contributed by atoms with E-state index in [4.69, 9.17) is 16.3 Å². The summed E-state index contributed by atoms with van der Waals surface area (Å²) in [6.45, 7) is 2.00. The summed E-state index contributed by atoms with van der Waals surface area (Å²) in [7, 11) is 0. The second-order valence-electron chi connectivity index (χ2n) is 3.38. The second-order valence-corrected chi connectivity index (χ2v) is 3.81. The highest BCUT2D eigenvalue weighted by atomic mass is 35.5. The third-order valence-corrected chi connectivity index (χ3v) is 2.34. The molecule has 2 N–H and O–H groups in total. The van der Waals surface area contributed by atoms with Gasteiger partial charge in [0.25, 0.3) is 0 Å². The molecule has 1 aromatic carbocycles. The summed E-state index contributed by atoms with van der Waals surface area (Å²) in [5, 5.41) is 13.5. The number of aromatic nitrogens is 3. The number of rotatable bonds is 4. The van der Waals surface area contributed by atoms with Gasteiger partial charge in [-0.1, -0.05) is 17.7 Å². The molecule has 0 fully saturated rings. The summed E-state index contributed by atoms with van der Waals surface area (Å²) in [4.78, 5) is 11.6. The number of nitrogens with one attached hydrogen (secondary N) is 2. The van der Waals surface area contributed by atoms with Crippen LogP contribution in [-0.4, -0.2) is 28.0 Å². The lowest BCUT2D eigenvalue weighted by molar-refractivity contribution is 0.0520. The number of anilines is 2. The van der Waals surface area contributed by atoms with Crippen molar-refractivity contribution >= 4 is 29.1 Å². The minimum Gasteiger partial charge on any atom is -0.461 e. The molecule has 94 valence electrons. The lowest BCUT2D eigenvalue weighted by atomic mass is 10.3. The quantitative estimate of drug-likeness (QED) is 0.831. The molecule has 2 rings (SSSR count). The predicted octanol–water partition coefficient (Wildman–Crippen LogP) is 2.38. The van der Waals surface area contributed by atoms with E-state index < -0.39 is 5.97 Å². The predicted molar refractivity (Wildman–Crippen MR) is 67.1 cm³/mol. The third-order valence-electron chi connectivity index (χ3n) is 2.10. The first-order valence-corrected chi connectivity index (χ1v) is 5.69. The Bertz CT molecular complexity index is 555. The van der Waals surface area contributed by atoms with Crippen LogP contribution < -0.4 is 5.32 Å². The highest BCUT2D eigenvalue weighted by molar-refractivity contribution is 6.30. The fourth-order valence-corrected chi connectivity index (χ4v) is 1.55. The van der Waals surface area contributed by atoms with E-state index in [1.165, 1.54) is 0 Å². The Kier molecular flexibility index (Phi) is 3.78. The number of benzene rings is 1. The van der Waals surface area contributed by atoms with E-state index >= 15 is 0 Å². The van der Waals surface area contributed by atoms with E-state index in [0.29, 0.717) is 16.5 Å². The SMILES string of the molecule is CCOC(=O)c1n[nH]nc1Nc1cccc(Cl)c1. The molecule has 0 unspecified atom stereocenters. The number of halogens is 1. The zero-order chi connectivity index (χ0) is 13.0. The molecule has 0 aliphatic heterocycles. The number of esters is 1. The van der Waals surface area contributed by atoms with Crippen molar-refractivity contribution in [3.05, 3.63) is 35.0 Å². The van der Waals surface area contributed by atoms with E-state index in [2.05, 4.69) is 20.7 Å². The van der Waals surface area contributed by atoms with E-state index in [1.807, 2.05) is 0 Å². The summed E-state index contributed by atoms with van der Waals surface area (Å²) >= 11 is 5.86. The number of ether oxygens (including phenoxy) is 1. The van der Waals surface area contributed by atoms with Gasteiger partial charge in [0.2, 0.25) is 5.69 Å². The molecule has 0 aliphatic rings. The van der Waals surface area contributed by atoms with Crippen molar-refractivity contribution in [2.45, 2.75) is 6.92 Å². The van der Waals surface area contributed by atoms with Gasteiger partial charge in [-0.3, -0.25) is 0 Å². The zero-order valence-electron chi connectivity index (χ0n) is 9.61. The lowest BCUT2D eigenvalue weighted by Crippen LogP contribution is -2.08. The molecule has 0 aliphatic carbocycles. The summed E-state index contributed by atoms with van der Waals surface area (Å²) in [6.07, 6.45) is 0. The van der Waals surface area contributed by atoms with Gasteiger partial charge < -0.3 is 10.1 Å². The summed E-state index contributed by atoms with van der Waals surface area (Å²) in [5.74, 6) is -0.230. The van der Waals surface area contributed by atoms with Gasteiger partial charge in [0, 0.05) is 10.7 Å². The van der Waals surface area contributed by atoms with Crippen LogP contribution in [-0.2, 0) is 4.74 Å². The highest BCUT2D eigenvalue weighted by Crippen LogP contribution is 2.20. The van der Waals surface area contributed by atoms with Gasteiger partial charge in [0.1, 0.15) is 0 Å². The van der Waals surface area contributed by atoms with Crippen LogP contribution in [0.1, 0.15) is 17.4 Å². The van der Waals surface area contributed by atoms with Gasteiger partial charge in [-0.25, -0.2) is 4.79 Å². The number of hydrogen-bond acceptors (Lipinski definition) is 5. The van der Waals surface area contributed by atoms with E-state index in [1.54, 1.807) is 31.2 Å². The number of carbonyl (C=O) groups is 1. The Balaban J connectivity index is 2.20. The largest absolute Gasteiger partial charge is 0.461 e. The molecule has 0 bridgehead atoms. The maximum atomic E-state index is 11.6. The Morgan fingerprint density at radius 1 is 1.50 bits per heavy atom. The molecule has 0 spiro atoms. The first-order valence-electron chi connectivity index (χ1n) is 5.31. The van der Waals surface area contributed by atoms with Crippen LogP contribution in [0.3, 0.4) is 0 Å². The van der Waals surface area contributed by atoms with Gasteiger partial charge in [-0.05, 0) is 25.1 Å². The Morgan fingerprint density at radius 3 is 3.06 bits per heavy atom. The van der Waals surface area contributed by atoms with E-state index in [-0.39, 0.29) is 12.3 Å². The summed E-state index contributed by atoms with van der Waals surface area (Å²) in [5.41, 5.74) is 0.818. The van der Waals surface area contributed by atoms with Crippen molar-refractivity contribution in [1.82, 2.24) is 15.4 Å². The molecule has 7 heteroatoms. The first kappa shape index (κ1) is 12.4. The van der Waals surface area contributed by atoms with Crippen LogP contribution in [0, 0.1) is 0 Å². The monoisotopic (exact) mass is 266 g/mol. The van der Waals surface area contributed by atoms with Crippen molar-refractivity contribution in [1.29, 1.82) is 0 Å². The number of aromatic amines is 1. The maximum Gasteiger partial charge on any atom is 0.362 e. The zero-order valence-corrected chi connectivity index (χ0v) is 10.4. The van der Waals surface area contributed by atoms with Crippen molar-refractivity contribution in [3.8, 4) is 0 Å². The average molecular weight is 267 g/mol. The summed E-state index contributed by atoms with van der Waals surface area (Å²) in [6, 6.07) is 7.05. The summed E-state index contributed by atoms with van der Waals surface area (Å²) < 4.78 is 4.86. The molecule has 0 amide bonds. The number of nitrogens with zero attached hydrogens (tertiary/aromatic N) is 2. The average Bonchev–Trinajstić information content (AvgIpc) is 2.77. The molecular weight excluding hydrogens is 256 g/mol. The maximum absolute atomic E-state index is 11.6. The van der Waals surface area contributed by atoms with Crippen molar-refractivity contribution < 1.29 is 9.53 Å². The Labute approximate surface area is 108 Å². The molecule has 0 atom stereocenters. The molecule has 1 aromatic heterocycles. The van der Waals surface area contributed by atoms with Gasteiger partial charge in [-0.15, -0.1) is 10.2 Å². The van der Waals surface area contributed by atoms with Crippen molar-refractivity contribution in [2.75, 3.05) is 11.9 Å². The van der Waals surface area contributed by atoms with Gasteiger partial charge in [0.05, 0.1) is 6.61 Å². The smallest absolute Gasteiger partial charge is 0.362 e. The van der Waals surface area contributed by atoms with E-state index in [9.17, 15) is 4.79 Å². The topological polar surface area (TPSA) is 79.9 Å². The molecule has 0 saturated carbocycles.